The van der Waals surface area contributed by atoms with Crippen LogP contribution in [0.25, 0.3) is 0 Å². The first-order chi connectivity index (χ1) is 9.16. The Morgan fingerprint density at radius 1 is 1.37 bits per heavy atom. The standard InChI is InChI=1S/C14H15NO4/c1-10(19-13-7-3-2-6-12(13)16)14(17)15-9-11-5-4-8-18-11/h2-8,10,16H,9H2,1H3,(H,15,17). The van der Waals surface area contributed by atoms with Gasteiger partial charge < -0.3 is 19.6 Å². The first-order valence-electron chi connectivity index (χ1n) is 5.91. The monoisotopic (exact) mass is 261 g/mol. The minimum absolute atomic E-state index is 0.00758. The lowest BCUT2D eigenvalue weighted by Crippen LogP contribution is -2.35. The van der Waals surface area contributed by atoms with Crippen LogP contribution >= 0.6 is 0 Å². The molecule has 1 heterocycles. The van der Waals surface area contributed by atoms with E-state index in [-0.39, 0.29) is 17.4 Å². The van der Waals surface area contributed by atoms with Crippen LogP contribution in [0.4, 0.5) is 0 Å². The molecule has 0 saturated heterocycles. The first kappa shape index (κ1) is 13.0. The van der Waals surface area contributed by atoms with Crippen LogP contribution in [-0.2, 0) is 11.3 Å². The van der Waals surface area contributed by atoms with Crippen LogP contribution in [0.15, 0.2) is 47.1 Å². The first-order valence-corrected chi connectivity index (χ1v) is 5.91. The van der Waals surface area contributed by atoms with Crippen LogP contribution in [0.1, 0.15) is 12.7 Å². The smallest absolute Gasteiger partial charge is 0.261 e. The van der Waals surface area contributed by atoms with Crippen LogP contribution in [-0.4, -0.2) is 17.1 Å². The molecule has 2 N–H and O–H groups in total. The predicted molar refractivity (Wildman–Crippen MR) is 68.8 cm³/mol. The second-order valence-electron chi connectivity index (χ2n) is 4.02. The molecule has 0 saturated carbocycles. The second kappa shape index (κ2) is 5.95. The van der Waals surface area contributed by atoms with E-state index in [2.05, 4.69) is 5.32 Å². The summed E-state index contributed by atoms with van der Waals surface area (Å²) >= 11 is 0. The van der Waals surface area contributed by atoms with Crippen molar-refractivity contribution < 1.29 is 19.1 Å². The maximum Gasteiger partial charge on any atom is 0.261 e. The number of para-hydroxylation sites is 2. The quantitative estimate of drug-likeness (QED) is 0.864. The SMILES string of the molecule is CC(Oc1ccccc1O)C(=O)NCc1ccco1. The normalized spacial score (nSPS) is 11.8. The third-order valence-corrected chi connectivity index (χ3v) is 2.56. The maximum absolute atomic E-state index is 11.8. The van der Waals surface area contributed by atoms with E-state index in [0.29, 0.717) is 12.3 Å². The van der Waals surface area contributed by atoms with Gasteiger partial charge in [-0.25, -0.2) is 0 Å². The van der Waals surface area contributed by atoms with E-state index in [0.717, 1.165) is 0 Å². The lowest BCUT2D eigenvalue weighted by molar-refractivity contribution is -0.127. The molecule has 0 radical (unpaired) electrons. The summed E-state index contributed by atoms with van der Waals surface area (Å²) in [5.41, 5.74) is 0. The fourth-order valence-corrected chi connectivity index (χ4v) is 1.53. The molecule has 5 nitrogen and oxygen atoms in total. The maximum atomic E-state index is 11.8. The van der Waals surface area contributed by atoms with Gasteiger partial charge in [-0.05, 0) is 31.2 Å². The summed E-state index contributed by atoms with van der Waals surface area (Å²) in [5, 5.41) is 12.2. The summed E-state index contributed by atoms with van der Waals surface area (Å²) in [7, 11) is 0. The second-order valence-corrected chi connectivity index (χ2v) is 4.02. The number of benzene rings is 1. The van der Waals surface area contributed by atoms with Crippen LogP contribution in [0.2, 0.25) is 0 Å². The van der Waals surface area contributed by atoms with E-state index in [9.17, 15) is 9.90 Å². The number of aromatic hydroxyl groups is 1. The van der Waals surface area contributed by atoms with Gasteiger partial charge in [0.05, 0.1) is 12.8 Å². The van der Waals surface area contributed by atoms with Gasteiger partial charge in [0.25, 0.3) is 5.91 Å². The largest absolute Gasteiger partial charge is 0.504 e. The number of phenols is 1. The van der Waals surface area contributed by atoms with Crippen molar-refractivity contribution in [3.8, 4) is 11.5 Å². The van der Waals surface area contributed by atoms with Crippen molar-refractivity contribution in [2.45, 2.75) is 19.6 Å². The zero-order valence-corrected chi connectivity index (χ0v) is 10.5. The number of furan rings is 1. The van der Waals surface area contributed by atoms with E-state index in [1.54, 1.807) is 43.5 Å². The minimum atomic E-state index is -0.705. The molecule has 100 valence electrons. The molecule has 0 aliphatic carbocycles. The van der Waals surface area contributed by atoms with E-state index in [4.69, 9.17) is 9.15 Å². The van der Waals surface area contributed by atoms with Gasteiger partial charge in [-0.3, -0.25) is 4.79 Å². The molecule has 0 aliphatic rings. The molecule has 0 spiro atoms. The number of carbonyl (C=O) groups is 1. The van der Waals surface area contributed by atoms with Crippen molar-refractivity contribution in [1.29, 1.82) is 0 Å². The average Bonchev–Trinajstić information content (AvgIpc) is 2.91. The fourth-order valence-electron chi connectivity index (χ4n) is 1.53. The molecule has 1 atom stereocenters. The Morgan fingerprint density at radius 3 is 2.84 bits per heavy atom. The Hall–Kier alpha value is -2.43. The lowest BCUT2D eigenvalue weighted by Gasteiger charge is -2.14. The van der Waals surface area contributed by atoms with Crippen molar-refractivity contribution in [3.05, 3.63) is 48.4 Å². The highest BCUT2D eigenvalue weighted by atomic mass is 16.5. The van der Waals surface area contributed by atoms with Crippen LogP contribution in [0.5, 0.6) is 11.5 Å². The Morgan fingerprint density at radius 2 is 2.16 bits per heavy atom. The molecule has 0 bridgehead atoms. The molecule has 5 heteroatoms. The predicted octanol–water partition coefficient (Wildman–Crippen LogP) is 2.07. The zero-order chi connectivity index (χ0) is 13.7. The molecule has 0 fully saturated rings. The Balaban J connectivity index is 1.87. The van der Waals surface area contributed by atoms with Crippen molar-refractivity contribution in [2.24, 2.45) is 0 Å². The van der Waals surface area contributed by atoms with Gasteiger partial charge in [-0.1, -0.05) is 12.1 Å². The highest BCUT2D eigenvalue weighted by Crippen LogP contribution is 2.25. The topological polar surface area (TPSA) is 71.7 Å². The highest BCUT2D eigenvalue weighted by molar-refractivity contribution is 5.80. The molecule has 2 aromatic rings. The molecule has 1 aromatic carbocycles. The average molecular weight is 261 g/mol. The van der Waals surface area contributed by atoms with Crippen LogP contribution < -0.4 is 10.1 Å². The van der Waals surface area contributed by atoms with Gasteiger partial charge >= 0.3 is 0 Å². The molecular formula is C14H15NO4. The van der Waals surface area contributed by atoms with Gasteiger partial charge in [0.1, 0.15) is 5.76 Å². The summed E-state index contributed by atoms with van der Waals surface area (Å²) in [6.45, 7) is 1.92. The number of hydrogen-bond acceptors (Lipinski definition) is 4. The summed E-state index contributed by atoms with van der Waals surface area (Å²) in [6, 6.07) is 10.0. The van der Waals surface area contributed by atoms with Gasteiger partial charge in [-0.15, -0.1) is 0 Å². The fraction of sp³-hybridized carbons (Fsp3) is 0.214. The van der Waals surface area contributed by atoms with Crippen LogP contribution in [0, 0.1) is 0 Å². The number of amides is 1. The van der Waals surface area contributed by atoms with Crippen molar-refractivity contribution >= 4 is 5.91 Å². The van der Waals surface area contributed by atoms with Crippen molar-refractivity contribution in [2.75, 3.05) is 0 Å². The Labute approximate surface area is 110 Å². The van der Waals surface area contributed by atoms with Gasteiger partial charge in [0, 0.05) is 0 Å². The number of phenolic OH excluding ortho intramolecular Hbond substituents is 1. The third-order valence-electron chi connectivity index (χ3n) is 2.56. The number of carbonyl (C=O) groups excluding carboxylic acids is 1. The summed E-state index contributed by atoms with van der Waals surface area (Å²) in [4.78, 5) is 11.8. The molecule has 1 unspecified atom stereocenters. The zero-order valence-electron chi connectivity index (χ0n) is 10.5. The Bertz CT molecular complexity index is 536. The van der Waals surface area contributed by atoms with Crippen molar-refractivity contribution in [1.82, 2.24) is 5.32 Å². The van der Waals surface area contributed by atoms with E-state index >= 15 is 0 Å². The Kier molecular flexibility index (Phi) is 4.07. The third kappa shape index (κ3) is 3.51. The highest BCUT2D eigenvalue weighted by Gasteiger charge is 2.16. The molecule has 2 rings (SSSR count). The number of nitrogens with one attached hydrogen (secondary N) is 1. The molecule has 0 aliphatic heterocycles. The van der Waals surface area contributed by atoms with E-state index in [1.807, 2.05) is 0 Å². The minimum Gasteiger partial charge on any atom is -0.504 e. The van der Waals surface area contributed by atoms with Gasteiger partial charge in [0.15, 0.2) is 17.6 Å². The van der Waals surface area contributed by atoms with Crippen molar-refractivity contribution in [3.63, 3.8) is 0 Å². The van der Waals surface area contributed by atoms with Gasteiger partial charge in [0.2, 0.25) is 0 Å². The number of hydrogen-bond donors (Lipinski definition) is 2. The number of rotatable bonds is 5. The molecule has 19 heavy (non-hydrogen) atoms. The summed E-state index contributed by atoms with van der Waals surface area (Å²) in [5.74, 6) is 0.680. The van der Waals surface area contributed by atoms with Gasteiger partial charge in [-0.2, -0.15) is 0 Å². The molecule has 1 aromatic heterocycles. The lowest BCUT2D eigenvalue weighted by atomic mass is 10.3. The number of ether oxygens (including phenoxy) is 1. The van der Waals surface area contributed by atoms with Crippen LogP contribution in [0.3, 0.4) is 0 Å². The summed E-state index contributed by atoms with van der Waals surface area (Å²) in [6.07, 6.45) is 0.840. The molecule has 1 amide bonds. The van der Waals surface area contributed by atoms with E-state index in [1.165, 1.54) is 6.07 Å². The molecular weight excluding hydrogens is 246 g/mol. The summed E-state index contributed by atoms with van der Waals surface area (Å²) < 4.78 is 10.5. The van der Waals surface area contributed by atoms with E-state index < -0.39 is 6.10 Å².